The molecule has 1 aliphatic heterocycles. The number of hydrogen-bond acceptors (Lipinski definition) is 6. The number of carbonyl (C=O) groups excluding carboxylic acids is 1. The SMILES string of the molecule is C[C@@H](Cc1cccs1)C(=O)N1CCC[C@H]1c1[nH]ncc1-c1ccnc(N(C)C)n1. The first kappa shape index (κ1) is 19.6. The van der Waals surface area contributed by atoms with Gasteiger partial charge in [0, 0.05) is 43.2 Å². The molecule has 1 fully saturated rings. The van der Waals surface area contributed by atoms with Gasteiger partial charge in [0.1, 0.15) is 0 Å². The van der Waals surface area contributed by atoms with Crippen LogP contribution in [0.4, 0.5) is 5.95 Å². The van der Waals surface area contributed by atoms with E-state index in [4.69, 9.17) is 0 Å². The molecule has 7 nitrogen and oxygen atoms in total. The van der Waals surface area contributed by atoms with Crippen molar-refractivity contribution < 1.29 is 4.79 Å². The fourth-order valence-electron chi connectivity index (χ4n) is 3.90. The van der Waals surface area contributed by atoms with Crippen molar-refractivity contribution in [1.29, 1.82) is 0 Å². The van der Waals surface area contributed by atoms with Gasteiger partial charge in [-0.2, -0.15) is 5.10 Å². The van der Waals surface area contributed by atoms with Crippen molar-refractivity contribution in [1.82, 2.24) is 25.1 Å². The molecule has 0 saturated carbocycles. The molecule has 4 rings (SSSR count). The first-order chi connectivity index (χ1) is 14.0. The molecule has 0 aliphatic carbocycles. The van der Waals surface area contributed by atoms with Crippen LogP contribution in [0, 0.1) is 5.92 Å². The normalized spacial score (nSPS) is 17.5. The minimum absolute atomic E-state index is 0.00329. The van der Waals surface area contributed by atoms with Crippen molar-refractivity contribution in [2.24, 2.45) is 5.92 Å². The summed E-state index contributed by atoms with van der Waals surface area (Å²) >= 11 is 1.71. The summed E-state index contributed by atoms with van der Waals surface area (Å²) in [6.07, 6.45) is 6.27. The molecule has 0 aromatic carbocycles. The van der Waals surface area contributed by atoms with Gasteiger partial charge in [-0.25, -0.2) is 9.97 Å². The zero-order chi connectivity index (χ0) is 20.4. The van der Waals surface area contributed by atoms with E-state index in [2.05, 4.69) is 31.6 Å². The van der Waals surface area contributed by atoms with E-state index >= 15 is 0 Å². The number of H-pyrrole nitrogens is 1. The van der Waals surface area contributed by atoms with E-state index in [9.17, 15) is 4.79 Å². The summed E-state index contributed by atoms with van der Waals surface area (Å²) in [7, 11) is 3.84. The summed E-state index contributed by atoms with van der Waals surface area (Å²) < 4.78 is 0. The number of nitrogens with zero attached hydrogens (tertiary/aromatic N) is 5. The minimum atomic E-state index is -0.0417. The standard InChI is InChI=1S/C21H26N6OS/c1-14(12-15-6-5-11-29-15)20(28)27-10-4-7-18(27)19-16(13-23-25-19)17-8-9-22-21(24-17)26(2)3/h5-6,8-9,11,13-14,18H,4,7,10,12H2,1-3H3,(H,23,25)/t14-,18-/m0/s1. The van der Waals surface area contributed by atoms with Crippen LogP contribution in [-0.2, 0) is 11.2 Å². The molecule has 1 aliphatic rings. The highest BCUT2D eigenvalue weighted by molar-refractivity contribution is 7.09. The lowest BCUT2D eigenvalue weighted by Crippen LogP contribution is -2.35. The Balaban J connectivity index is 1.58. The number of aromatic amines is 1. The molecule has 0 bridgehead atoms. The highest BCUT2D eigenvalue weighted by atomic mass is 32.1. The molecule has 1 saturated heterocycles. The number of aromatic nitrogens is 4. The van der Waals surface area contributed by atoms with Crippen molar-refractivity contribution in [2.45, 2.75) is 32.2 Å². The number of thiophene rings is 1. The predicted octanol–water partition coefficient (Wildman–Crippen LogP) is 3.54. The Kier molecular flexibility index (Phi) is 5.62. The number of carbonyl (C=O) groups is 1. The van der Waals surface area contributed by atoms with Gasteiger partial charge in [-0.3, -0.25) is 9.89 Å². The fraction of sp³-hybridized carbons (Fsp3) is 0.429. The Hall–Kier alpha value is -2.74. The van der Waals surface area contributed by atoms with Gasteiger partial charge in [-0.15, -0.1) is 11.3 Å². The van der Waals surface area contributed by atoms with E-state index in [1.807, 2.05) is 43.0 Å². The van der Waals surface area contributed by atoms with Crippen molar-refractivity contribution >= 4 is 23.2 Å². The third kappa shape index (κ3) is 4.03. The smallest absolute Gasteiger partial charge is 0.226 e. The maximum atomic E-state index is 13.2. The van der Waals surface area contributed by atoms with Crippen LogP contribution in [0.1, 0.15) is 36.4 Å². The maximum absolute atomic E-state index is 13.2. The lowest BCUT2D eigenvalue weighted by molar-refractivity contribution is -0.136. The number of anilines is 1. The zero-order valence-corrected chi connectivity index (χ0v) is 17.8. The molecule has 0 unspecified atom stereocenters. The largest absolute Gasteiger partial charge is 0.347 e. The van der Waals surface area contributed by atoms with Gasteiger partial charge < -0.3 is 9.80 Å². The quantitative estimate of drug-likeness (QED) is 0.673. The second kappa shape index (κ2) is 8.32. The van der Waals surface area contributed by atoms with E-state index in [1.54, 1.807) is 23.7 Å². The summed E-state index contributed by atoms with van der Waals surface area (Å²) in [5, 5.41) is 9.49. The summed E-state index contributed by atoms with van der Waals surface area (Å²) in [6.45, 7) is 2.81. The number of nitrogens with one attached hydrogen (secondary N) is 1. The molecule has 0 radical (unpaired) electrons. The van der Waals surface area contributed by atoms with Crippen LogP contribution in [0.3, 0.4) is 0 Å². The molecule has 3 aromatic rings. The molecule has 1 N–H and O–H groups in total. The average Bonchev–Trinajstić information content (AvgIpc) is 3.47. The molecular formula is C21H26N6OS. The molecule has 8 heteroatoms. The van der Waals surface area contributed by atoms with Gasteiger partial charge in [0.15, 0.2) is 0 Å². The van der Waals surface area contributed by atoms with Crippen molar-refractivity contribution in [2.75, 3.05) is 25.5 Å². The number of hydrogen-bond donors (Lipinski definition) is 1. The summed E-state index contributed by atoms with van der Waals surface area (Å²) in [6, 6.07) is 6.03. The van der Waals surface area contributed by atoms with E-state index in [0.29, 0.717) is 5.95 Å². The third-order valence-corrected chi connectivity index (χ3v) is 6.26. The van der Waals surface area contributed by atoms with Crippen LogP contribution < -0.4 is 4.90 Å². The fourth-order valence-corrected chi connectivity index (χ4v) is 4.73. The van der Waals surface area contributed by atoms with Crippen LogP contribution in [0.2, 0.25) is 0 Å². The number of likely N-dealkylation sites (tertiary alicyclic amines) is 1. The Morgan fingerprint density at radius 2 is 2.28 bits per heavy atom. The van der Waals surface area contributed by atoms with Gasteiger partial charge in [0.25, 0.3) is 0 Å². The molecule has 152 valence electrons. The van der Waals surface area contributed by atoms with E-state index < -0.39 is 0 Å². The van der Waals surface area contributed by atoms with E-state index in [-0.39, 0.29) is 17.9 Å². The van der Waals surface area contributed by atoms with Crippen LogP contribution in [-0.4, -0.2) is 51.6 Å². The Bertz CT molecular complexity index is 967. The van der Waals surface area contributed by atoms with Crippen LogP contribution in [0.5, 0.6) is 0 Å². The molecule has 4 heterocycles. The lowest BCUT2D eigenvalue weighted by Gasteiger charge is -2.27. The summed E-state index contributed by atoms with van der Waals surface area (Å²) in [5.41, 5.74) is 2.71. The monoisotopic (exact) mass is 410 g/mol. The summed E-state index contributed by atoms with van der Waals surface area (Å²) in [5.74, 6) is 0.816. The predicted molar refractivity (Wildman–Crippen MR) is 115 cm³/mol. The topological polar surface area (TPSA) is 78.0 Å². The first-order valence-electron chi connectivity index (χ1n) is 9.91. The van der Waals surface area contributed by atoms with Crippen LogP contribution >= 0.6 is 11.3 Å². The Morgan fingerprint density at radius 3 is 3.03 bits per heavy atom. The highest BCUT2D eigenvalue weighted by Crippen LogP contribution is 2.37. The molecule has 0 spiro atoms. The highest BCUT2D eigenvalue weighted by Gasteiger charge is 2.35. The van der Waals surface area contributed by atoms with Gasteiger partial charge in [0.05, 0.1) is 23.6 Å². The molecule has 3 aromatic heterocycles. The summed E-state index contributed by atoms with van der Waals surface area (Å²) in [4.78, 5) is 27.3. The van der Waals surface area contributed by atoms with Gasteiger partial charge >= 0.3 is 0 Å². The maximum Gasteiger partial charge on any atom is 0.226 e. The molecular weight excluding hydrogens is 384 g/mol. The molecule has 1 amide bonds. The van der Waals surface area contributed by atoms with Crippen molar-refractivity contribution in [3.8, 4) is 11.3 Å². The molecule has 2 atom stereocenters. The molecule has 29 heavy (non-hydrogen) atoms. The van der Waals surface area contributed by atoms with Crippen LogP contribution in [0.15, 0.2) is 36.0 Å². The van der Waals surface area contributed by atoms with E-state index in [0.717, 1.165) is 42.8 Å². The van der Waals surface area contributed by atoms with Gasteiger partial charge in [-0.1, -0.05) is 13.0 Å². The van der Waals surface area contributed by atoms with Gasteiger partial charge in [0.2, 0.25) is 11.9 Å². The Morgan fingerprint density at radius 1 is 1.41 bits per heavy atom. The van der Waals surface area contributed by atoms with Crippen LogP contribution in [0.25, 0.3) is 11.3 Å². The minimum Gasteiger partial charge on any atom is -0.347 e. The zero-order valence-electron chi connectivity index (χ0n) is 17.0. The second-order valence-corrected chi connectivity index (χ2v) is 8.74. The Labute approximate surface area is 174 Å². The van der Waals surface area contributed by atoms with Crippen molar-refractivity contribution in [3.05, 3.63) is 46.5 Å². The third-order valence-electron chi connectivity index (χ3n) is 5.37. The van der Waals surface area contributed by atoms with Gasteiger partial charge in [-0.05, 0) is 36.8 Å². The lowest BCUT2D eigenvalue weighted by atomic mass is 10.0. The number of rotatable bonds is 6. The first-order valence-corrected chi connectivity index (χ1v) is 10.8. The van der Waals surface area contributed by atoms with Crippen molar-refractivity contribution in [3.63, 3.8) is 0 Å². The second-order valence-electron chi connectivity index (χ2n) is 7.71. The van der Waals surface area contributed by atoms with E-state index in [1.165, 1.54) is 4.88 Å². The average molecular weight is 411 g/mol. The number of amides is 1.